The maximum atomic E-state index is 12.6. The molecular formula is C22H17Cl3N2O5S. The highest BCUT2D eigenvalue weighted by Gasteiger charge is 2.30. The molecule has 33 heavy (non-hydrogen) atoms. The monoisotopic (exact) mass is 526 g/mol. The van der Waals surface area contributed by atoms with E-state index >= 15 is 0 Å². The van der Waals surface area contributed by atoms with E-state index in [2.05, 4.69) is 4.99 Å². The second-order valence-electron chi connectivity index (χ2n) is 6.62. The molecule has 2 aromatic rings. The van der Waals surface area contributed by atoms with E-state index in [1.54, 1.807) is 31.2 Å². The van der Waals surface area contributed by atoms with Crippen LogP contribution in [0.4, 0.5) is 5.69 Å². The van der Waals surface area contributed by atoms with Crippen LogP contribution in [0.2, 0.25) is 15.1 Å². The molecule has 0 N–H and O–H groups in total. The van der Waals surface area contributed by atoms with Crippen molar-refractivity contribution in [1.29, 1.82) is 0 Å². The molecule has 0 radical (unpaired) electrons. The molecule has 0 saturated carbocycles. The number of hydrogen-bond donors (Lipinski definition) is 0. The molecule has 0 bridgehead atoms. The number of rotatable bonds is 5. The van der Waals surface area contributed by atoms with Gasteiger partial charge in [-0.2, -0.15) is 4.99 Å². The normalized spacial score (nSPS) is 14.3. The van der Waals surface area contributed by atoms with Crippen molar-refractivity contribution in [3.63, 3.8) is 0 Å². The molecule has 1 heterocycles. The van der Waals surface area contributed by atoms with Crippen molar-refractivity contribution in [2.75, 3.05) is 11.5 Å². The number of ether oxygens (including phenoxy) is 2. The van der Waals surface area contributed by atoms with Gasteiger partial charge in [0.05, 0.1) is 27.2 Å². The fraction of sp³-hybridized carbons (Fsp3) is 0.182. The number of hydrogen-bond acceptors (Lipinski definition) is 6. The lowest BCUT2D eigenvalue weighted by Gasteiger charge is -2.21. The minimum absolute atomic E-state index is 0.0915. The van der Waals surface area contributed by atoms with Crippen LogP contribution in [0.15, 0.2) is 40.2 Å². The number of carbonyl (C=O) groups is 3. The highest BCUT2D eigenvalue weighted by atomic mass is 35.5. The average molecular weight is 528 g/mol. The van der Waals surface area contributed by atoms with Crippen LogP contribution in [-0.4, -0.2) is 29.6 Å². The Morgan fingerprint density at radius 3 is 2.48 bits per heavy atom. The van der Waals surface area contributed by atoms with Crippen molar-refractivity contribution in [2.24, 2.45) is 4.99 Å². The van der Waals surface area contributed by atoms with E-state index in [-0.39, 0.29) is 31.6 Å². The predicted octanol–water partition coefficient (Wildman–Crippen LogP) is 5.99. The zero-order chi connectivity index (χ0) is 24.3. The van der Waals surface area contributed by atoms with Gasteiger partial charge in [0.2, 0.25) is 5.91 Å². The largest absolute Gasteiger partial charge is 0.490 e. The Morgan fingerprint density at radius 1 is 1.12 bits per heavy atom. The average Bonchev–Trinajstić information content (AvgIpc) is 3.07. The van der Waals surface area contributed by atoms with Gasteiger partial charge in [-0.3, -0.25) is 19.3 Å². The summed E-state index contributed by atoms with van der Waals surface area (Å²) >= 11 is 19.6. The molecule has 172 valence electrons. The van der Waals surface area contributed by atoms with Gasteiger partial charge in [0.1, 0.15) is 0 Å². The molecule has 2 amide bonds. The van der Waals surface area contributed by atoms with E-state index < -0.39 is 17.8 Å². The van der Waals surface area contributed by atoms with E-state index in [9.17, 15) is 14.4 Å². The van der Waals surface area contributed by atoms with Crippen LogP contribution in [-0.2, 0) is 14.4 Å². The highest BCUT2D eigenvalue weighted by molar-refractivity contribution is 8.19. The fourth-order valence-electron chi connectivity index (χ4n) is 2.89. The van der Waals surface area contributed by atoms with Crippen LogP contribution in [0.25, 0.3) is 6.08 Å². The van der Waals surface area contributed by atoms with Crippen LogP contribution >= 0.6 is 46.6 Å². The molecule has 2 aromatic carbocycles. The van der Waals surface area contributed by atoms with Crippen molar-refractivity contribution < 1.29 is 23.9 Å². The number of nitrogens with zero attached hydrogens (tertiary/aromatic N) is 2. The summed E-state index contributed by atoms with van der Waals surface area (Å²) in [6, 6.07) is 7.77. The summed E-state index contributed by atoms with van der Waals surface area (Å²) in [5, 5.41) is 0.917. The van der Waals surface area contributed by atoms with E-state index in [0.717, 1.165) is 11.8 Å². The third-order valence-electron chi connectivity index (χ3n) is 4.14. The van der Waals surface area contributed by atoms with E-state index in [1.807, 2.05) is 0 Å². The Bertz CT molecular complexity index is 1210. The SMILES string of the molecule is CCOc1cc(C=C2SC(N(C(C)=O)c3cc(Cl)ccc3Cl)=NC2=O)cc(Cl)c1OC(C)=O. The lowest BCUT2D eigenvalue weighted by atomic mass is 10.2. The van der Waals surface area contributed by atoms with Gasteiger partial charge >= 0.3 is 5.97 Å². The molecular weight excluding hydrogens is 511 g/mol. The smallest absolute Gasteiger partial charge is 0.308 e. The maximum Gasteiger partial charge on any atom is 0.308 e. The maximum absolute atomic E-state index is 12.6. The van der Waals surface area contributed by atoms with Crippen LogP contribution < -0.4 is 14.4 Å². The lowest BCUT2D eigenvalue weighted by Crippen LogP contribution is -2.32. The zero-order valence-corrected chi connectivity index (χ0v) is 20.7. The Hall–Kier alpha value is -2.52. The number of halogens is 3. The van der Waals surface area contributed by atoms with Gasteiger partial charge in [-0.15, -0.1) is 0 Å². The topological polar surface area (TPSA) is 85.3 Å². The molecule has 0 atom stereocenters. The van der Waals surface area contributed by atoms with Gasteiger partial charge in [0.15, 0.2) is 16.7 Å². The van der Waals surface area contributed by atoms with Crippen LogP contribution in [0.5, 0.6) is 11.5 Å². The minimum atomic E-state index is -0.549. The summed E-state index contributed by atoms with van der Waals surface area (Å²) in [6.45, 7) is 4.65. The second-order valence-corrected chi connectivity index (χ2v) is 8.88. The number of anilines is 1. The summed E-state index contributed by atoms with van der Waals surface area (Å²) in [5.41, 5.74) is 0.825. The predicted molar refractivity (Wildman–Crippen MR) is 132 cm³/mol. The molecule has 0 spiro atoms. The fourth-order valence-corrected chi connectivity index (χ4v) is 4.48. The highest BCUT2D eigenvalue weighted by Crippen LogP contribution is 2.40. The number of carbonyl (C=O) groups excluding carboxylic acids is 3. The number of thioether (sulfide) groups is 1. The van der Waals surface area contributed by atoms with Crippen molar-refractivity contribution in [3.05, 3.63) is 55.9 Å². The molecule has 3 rings (SSSR count). The van der Waals surface area contributed by atoms with Gasteiger partial charge in [-0.1, -0.05) is 34.8 Å². The van der Waals surface area contributed by atoms with E-state index in [4.69, 9.17) is 44.3 Å². The number of amidine groups is 1. The third kappa shape index (κ3) is 5.89. The molecule has 0 unspecified atom stereocenters. The van der Waals surface area contributed by atoms with Crippen LogP contribution in [0.1, 0.15) is 26.3 Å². The summed E-state index contributed by atoms with van der Waals surface area (Å²) in [7, 11) is 0. The first-order valence-corrected chi connectivity index (χ1v) is 11.5. The van der Waals surface area contributed by atoms with Gasteiger partial charge in [0, 0.05) is 18.9 Å². The summed E-state index contributed by atoms with van der Waals surface area (Å²) in [5.74, 6) is -1.15. The number of amides is 2. The lowest BCUT2D eigenvalue weighted by molar-refractivity contribution is -0.132. The first-order valence-electron chi connectivity index (χ1n) is 9.53. The summed E-state index contributed by atoms with van der Waals surface area (Å²) in [4.78, 5) is 41.8. The number of aliphatic imine (C=N–C) groups is 1. The second kappa shape index (κ2) is 10.6. The Kier molecular flexibility index (Phi) is 8.07. The van der Waals surface area contributed by atoms with Crippen LogP contribution in [0, 0.1) is 0 Å². The molecule has 11 heteroatoms. The van der Waals surface area contributed by atoms with Crippen LogP contribution in [0.3, 0.4) is 0 Å². The number of benzene rings is 2. The first-order chi connectivity index (χ1) is 15.6. The molecule has 0 fully saturated rings. The zero-order valence-electron chi connectivity index (χ0n) is 17.6. The van der Waals surface area contributed by atoms with Crippen molar-refractivity contribution in [3.8, 4) is 11.5 Å². The van der Waals surface area contributed by atoms with Crippen molar-refractivity contribution in [1.82, 2.24) is 0 Å². The Labute approximate surface area is 209 Å². The minimum Gasteiger partial charge on any atom is -0.490 e. The van der Waals surface area contributed by atoms with Gasteiger partial charge in [-0.25, -0.2) is 0 Å². The molecule has 0 saturated heterocycles. The molecule has 7 nitrogen and oxygen atoms in total. The number of esters is 1. The first kappa shape index (κ1) is 25.1. The molecule has 0 aliphatic carbocycles. The van der Waals surface area contributed by atoms with E-state index in [1.165, 1.54) is 30.9 Å². The molecule has 0 aromatic heterocycles. The Morgan fingerprint density at radius 2 is 1.85 bits per heavy atom. The molecule has 1 aliphatic rings. The van der Waals surface area contributed by atoms with Gasteiger partial charge in [-0.05, 0) is 60.7 Å². The van der Waals surface area contributed by atoms with Crippen molar-refractivity contribution >= 4 is 81.3 Å². The summed E-state index contributed by atoms with van der Waals surface area (Å²) in [6.07, 6.45) is 1.55. The quantitative estimate of drug-likeness (QED) is 0.270. The van der Waals surface area contributed by atoms with E-state index in [0.29, 0.717) is 22.9 Å². The van der Waals surface area contributed by atoms with Crippen molar-refractivity contribution in [2.45, 2.75) is 20.8 Å². The summed E-state index contributed by atoms with van der Waals surface area (Å²) < 4.78 is 10.7. The Balaban J connectivity index is 1.96. The molecule has 1 aliphatic heterocycles. The van der Waals surface area contributed by atoms with Gasteiger partial charge < -0.3 is 9.47 Å². The standard InChI is InChI=1S/C22H17Cl3N2O5S/c1-4-31-18-8-13(7-16(25)20(18)32-12(3)29)9-19-21(30)26-22(33-19)27(11(2)28)17-10-14(23)5-6-15(17)24/h5-10H,4H2,1-3H3. The third-order valence-corrected chi connectivity index (χ3v) is 5.94. The van der Waals surface area contributed by atoms with Gasteiger partial charge in [0.25, 0.3) is 5.91 Å².